The van der Waals surface area contributed by atoms with Crippen molar-refractivity contribution in [3.8, 4) is 0 Å². The van der Waals surface area contributed by atoms with Crippen molar-refractivity contribution in [2.45, 2.75) is 26.2 Å². The number of rotatable bonds is 2. The molecule has 0 N–H and O–H groups in total. The predicted molar refractivity (Wildman–Crippen MR) is 75.3 cm³/mol. The van der Waals surface area contributed by atoms with E-state index in [-0.39, 0.29) is 5.92 Å². The summed E-state index contributed by atoms with van der Waals surface area (Å²) < 4.78 is 0. The van der Waals surface area contributed by atoms with Crippen LogP contribution in [0.1, 0.15) is 33.5 Å². The molecule has 0 aliphatic heterocycles. The second kappa shape index (κ2) is 4.69. The summed E-state index contributed by atoms with van der Waals surface area (Å²) >= 11 is 1.62. The molecule has 1 heterocycles. The van der Waals surface area contributed by atoms with Crippen LogP contribution in [-0.4, -0.2) is 5.78 Å². The van der Waals surface area contributed by atoms with Gasteiger partial charge in [0.1, 0.15) is 0 Å². The first-order valence-corrected chi connectivity index (χ1v) is 7.34. The van der Waals surface area contributed by atoms with E-state index in [0.29, 0.717) is 5.78 Å². The maximum Gasteiger partial charge on any atom is 0.167 e. The summed E-state index contributed by atoms with van der Waals surface area (Å²) in [7, 11) is 0. The van der Waals surface area contributed by atoms with E-state index in [1.54, 1.807) is 11.3 Å². The summed E-state index contributed by atoms with van der Waals surface area (Å²) in [6, 6.07) is 8.51. The van der Waals surface area contributed by atoms with Gasteiger partial charge in [-0.2, -0.15) is 11.3 Å². The Kier molecular flexibility index (Phi) is 3.04. The quantitative estimate of drug-likeness (QED) is 0.741. The molecule has 0 fully saturated rings. The second-order valence-corrected chi connectivity index (χ2v) is 5.78. The zero-order chi connectivity index (χ0) is 12.5. The van der Waals surface area contributed by atoms with Crippen LogP contribution in [0, 0.1) is 12.8 Å². The second-order valence-electron chi connectivity index (χ2n) is 5.04. The molecule has 2 aromatic rings. The van der Waals surface area contributed by atoms with Crippen LogP contribution < -0.4 is 0 Å². The molecule has 18 heavy (non-hydrogen) atoms. The number of aryl methyl sites for hydroxylation is 2. The minimum absolute atomic E-state index is 0.174. The maximum absolute atomic E-state index is 12.5. The maximum atomic E-state index is 12.5. The van der Waals surface area contributed by atoms with E-state index in [1.165, 1.54) is 11.1 Å². The Morgan fingerprint density at radius 2 is 2.00 bits per heavy atom. The molecule has 0 saturated heterocycles. The van der Waals surface area contributed by atoms with E-state index in [2.05, 4.69) is 29.6 Å². The monoisotopic (exact) mass is 256 g/mol. The normalized spacial score (nSPS) is 18.4. The highest BCUT2D eigenvalue weighted by Crippen LogP contribution is 2.29. The highest BCUT2D eigenvalue weighted by Gasteiger charge is 2.26. The molecule has 3 rings (SSSR count). The SMILES string of the molecule is Cc1cscc1C(=O)C1CCc2ccccc2C1. The average Bonchev–Trinajstić information content (AvgIpc) is 2.83. The standard InChI is InChI=1S/C16H16OS/c1-11-9-18-10-15(11)16(17)14-7-6-12-4-2-3-5-13(12)8-14/h2-5,9-10,14H,6-8H2,1H3. The van der Waals surface area contributed by atoms with Crippen LogP contribution >= 0.6 is 11.3 Å². The van der Waals surface area contributed by atoms with Crippen LogP contribution in [0.2, 0.25) is 0 Å². The molecule has 2 heteroatoms. The number of carbonyl (C=O) groups excluding carboxylic acids is 1. The van der Waals surface area contributed by atoms with Crippen LogP contribution in [0.5, 0.6) is 0 Å². The molecule has 0 bridgehead atoms. The Balaban J connectivity index is 1.84. The minimum atomic E-state index is 0.174. The fourth-order valence-electron chi connectivity index (χ4n) is 2.75. The number of carbonyl (C=O) groups is 1. The molecule has 0 amide bonds. The zero-order valence-corrected chi connectivity index (χ0v) is 11.3. The summed E-state index contributed by atoms with van der Waals surface area (Å²) in [5, 5.41) is 4.06. The molecule has 92 valence electrons. The van der Waals surface area contributed by atoms with E-state index in [9.17, 15) is 4.79 Å². The number of hydrogen-bond acceptors (Lipinski definition) is 2. The van der Waals surface area contributed by atoms with E-state index in [4.69, 9.17) is 0 Å². The van der Waals surface area contributed by atoms with Gasteiger partial charge in [0.05, 0.1) is 0 Å². The number of thiophene rings is 1. The number of fused-ring (bicyclic) bond motifs is 1. The first-order valence-electron chi connectivity index (χ1n) is 6.39. The van der Waals surface area contributed by atoms with Crippen LogP contribution in [0.4, 0.5) is 0 Å². The molecule has 1 aliphatic rings. The third-order valence-corrected chi connectivity index (χ3v) is 4.70. The van der Waals surface area contributed by atoms with Crippen LogP contribution in [0.15, 0.2) is 35.0 Å². The van der Waals surface area contributed by atoms with E-state index in [0.717, 1.165) is 30.4 Å². The van der Waals surface area contributed by atoms with Crippen molar-refractivity contribution < 1.29 is 4.79 Å². The lowest BCUT2D eigenvalue weighted by Gasteiger charge is -2.23. The molecule has 1 aliphatic carbocycles. The molecule has 1 unspecified atom stereocenters. The van der Waals surface area contributed by atoms with Gasteiger partial charge in [-0.05, 0) is 48.3 Å². The molecular formula is C16H16OS. The topological polar surface area (TPSA) is 17.1 Å². The lowest BCUT2D eigenvalue weighted by Crippen LogP contribution is -2.22. The van der Waals surface area contributed by atoms with E-state index in [1.807, 2.05) is 12.3 Å². The van der Waals surface area contributed by atoms with Gasteiger partial charge in [0.15, 0.2) is 5.78 Å². The van der Waals surface area contributed by atoms with Gasteiger partial charge in [-0.25, -0.2) is 0 Å². The summed E-state index contributed by atoms with van der Waals surface area (Å²) in [5.41, 5.74) is 4.84. The van der Waals surface area contributed by atoms with Gasteiger partial charge in [0.25, 0.3) is 0 Å². The number of ketones is 1. The Labute approximate surface area is 111 Å². The summed E-state index contributed by atoms with van der Waals surface area (Å²) in [6.07, 6.45) is 2.94. The van der Waals surface area contributed by atoms with Gasteiger partial charge in [0.2, 0.25) is 0 Å². The molecular weight excluding hydrogens is 240 g/mol. The molecule has 0 saturated carbocycles. The predicted octanol–water partition coefficient (Wildman–Crippen LogP) is 4.04. The molecule has 1 aromatic carbocycles. The average molecular weight is 256 g/mol. The van der Waals surface area contributed by atoms with Crippen molar-refractivity contribution in [1.82, 2.24) is 0 Å². The Hall–Kier alpha value is -1.41. The molecule has 0 spiro atoms. The van der Waals surface area contributed by atoms with Crippen molar-refractivity contribution in [2.75, 3.05) is 0 Å². The smallest absolute Gasteiger partial charge is 0.167 e. The Bertz CT molecular complexity index is 582. The third-order valence-electron chi connectivity index (χ3n) is 3.84. The van der Waals surface area contributed by atoms with Crippen molar-refractivity contribution in [3.63, 3.8) is 0 Å². The molecule has 1 aromatic heterocycles. The van der Waals surface area contributed by atoms with E-state index >= 15 is 0 Å². The van der Waals surface area contributed by atoms with Crippen LogP contribution in [0.25, 0.3) is 0 Å². The summed E-state index contributed by atoms with van der Waals surface area (Å²) in [4.78, 5) is 12.5. The minimum Gasteiger partial charge on any atom is -0.294 e. The van der Waals surface area contributed by atoms with Gasteiger partial charge in [-0.15, -0.1) is 0 Å². The fourth-order valence-corrected chi connectivity index (χ4v) is 3.59. The first-order chi connectivity index (χ1) is 8.75. The fraction of sp³-hybridized carbons (Fsp3) is 0.312. The number of hydrogen-bond donors (Lipinski definition) is 0. The van der Waals surface area contributed by atoms with Crippen molar-refractivity contribution >= 4 is 17.1 Å². The van der Waals surface area contributed by atoms with Gasteiger partial charge in [0, 0.05) is 16.9 Å². The van der Waals surface area contributed by atoms with Gasteiger partial charge >= 0.3 is 0 Å². The van der Waals surface area contributed by atoms with Gasteiger partial charge < -0.3 is 0 Å². The highest BCUT2D eigenvalue weighted by molar-refractivity contribution is 7.08. The third kappa shape index (κ3) is 2.01. The first kappa shape index (κ1) is 11.7. The van der Waals surface area contributed by atoms with Crippen LogP contribution in [-0.2, 0) is 12.8 Å². The molecule has 1 atom stereocenters. The van der Waals surface area contributed by atoms with Crippen LogP contribution in [0.3, 0.4) is 0 Å². The Morgan fingerprint density at radius 1 is 1.22 bits per heavy atom. The molecule has 1 nitrogen and oxygen atoms in total. The van der Waals surface area contributed by atoms with Crippen molar-refractivity contribution in [1.29, 1.82) is 0 Å². The summed E-state index contributed by atoms with van der Waals surface area (Å²) in [5.74, 6) is 0.511. The van der Waals surface area contributed by atoms with Gasteiger partial charge in [-0.1, -0.05) is 24.3 Å². The van der Waals surface area contributed by atoms with Crippen molar-refractivity contribution in [2.24, 2.45) is 5.92 Å². The van der Waals surface area contributed by atoms with E-state index < -0.39 is 0 Å². The lowest BCUT2D eigenvalue weighted by atomic mass is 9.80. The number of benzene rings is 1. The largest absolute Gasteiger partial charge is 0.294 e. The van der Waals surface area contributed by atoms with Gasteiger partial charge in [-0.3, -0.25) is 4.79 Å². The number of Topliss-reactive ketones (excluding diaryl/α,β-unsaturated/α-hetero) is 1. The Morgan fingerprint density at radius 3 is 2.72 bits per heavy atom. The molecule has 0 radical (unpaired) electrons. The summed E-state index contributed by atoms with van der Waals surface area (Å²) in [6.45, 7) is 2.03. The highest BCUT2D eigenvalue weighted by atomic mass is 32.1. The lowest BCUT2D eigenvalue weighted by molar-refractivity contribution is 0.0908. The zero-order valence-electron chi connectivity index (χ0n) is 10.5. The van der Waals surface area contributed by atoms with Crippen molar-refractivity contribution in [3.05, 3.63) is 57.3 Å².